The zero-order chi connectivity index (χ0) is 23.2. The third-order valence-corrected chi connectivity index (χ3v) is 4.57. The predicted octanol–water partition coefficient (Wildman–Crippen LogP) is -1.76. The first-order valence-electron chi connectivity index (χ1n) is 8.91. The van der Waals surface area contributed by atoms with E-state index in [1.54, 1.807) is 0 Å². The van der Waals surface area contributed by atoms with Crippen molar-refractivity contribution in [1.82, 2.24) is 19.9 Å². The number of aliphatic hydroxyl groups excluding tert-OH is 1. The van der Waals surface area contributed by atoms with Gasteiger partial charge in [0.15, 0.2) is 22.6 Å². The van der Waals surface area contributed by atoms with Crippen LogP contribution in [0, 0.1) is 0 Å². The maximum Gasteiger partial charge on any atom is 0.276 e. The number of aromatic hydroxyl groups is 4. The van der Waals surface area contributed by atoms with Gasteiger partial charge in [-0.25, -0.2) is 4.98 Å². The van der Waals surface area contributed by atoms with E-state index in [4.69, 9.17) is 7.85 Å². The fourth-order valence-corrected chi connectivity index (χ4v) is 2.94. The molecule has 0 unspecified atom stereocenters. The van der Waals surface area contributed by atoms with Crippen molar-refractivity contribution >= 4 is 25.1 Å². The average Bonchev–Trinajstić information content (AvgIpc) is 3.20. The van der Waals surface area contributed by atoms with Gasteiger partial charge in [-0.1, -0.05) is 20.8 Å². The molecular weight excluding hydrogens is 407 g/mol. The molecule has 0 fully saturated rings. The number of phenols is 4. The molecule has 2 heterocycles. The highest BCUT2D eigenvalue weighted by atomic mass is 16.3. The molecule has 0 aliphatic rings. The van der Waals surface area contributed by atoms with Crippen LogP contribution in [0.2, 0.25) is 0 Å². The lowest BCUT2D eigenvalue weighted by Gasteiger charge is -2.17. The van der Waals surface area contributed by atoms with Gasteiger partial charge in [0.05, 0.1) is 12.0 Å². The second-order valence-electron chi connectivity index (χ2n) is 7.79. The summed E-state index contributed by atoms with van der Waals surface area (Å²) in [6.45, 7) is 5.59. The molecule has 0 saturated heterocycles. The maximum atomic E-state index is 12.5. The molecule has 0 aliphatic carbocycles. The van der Waals surface area contributed by atoms with Crippen molar-refractivity contribution in [3.8, 4) is 23.0 Å². The fourth-order valence-electron chi connectivity index (χ4n) is 2.94. The highest BCUT2D eigenvalue weighted by Gasteiger charge is 2.23. The van der Waals surface area contributed by atoms with Gasteiger partial charge in [0, 0.05) is 11.0 Å². The molecule has 11 nitrogen and oxygen atoms in total. The molecule has 0 saturated carbocycles. The summed E-state index contributed by atoms with van der Waals surface area (Å²) in [5.74, 6) is -4.50. The van der Waals surface area contributed by atoms with E-state index < -0.39 is 67.0 Å². The van der Waals surface area contributed by atoms with E-state index in [1.807, 2.05) is 20.8 Å². The Kier molecular flexibility index (Phi) is 5.10. The van der Waals surface area contributed by atoms with Gasteiger partial charge in [-0.2, -0.15) is 0 Å². The first-order valence-corrected chi connectivity index (χ1v) is 8.91. The monoisotopic (exact) mass is 426 g/mol. The number of imidazole rings is 1. The van der Waals surface area contributed by atoms with Gasteiger partial charge in [0.2, 0.25) is 11.5 Å². The zero-order valence-electron chi connectivity index (χ0n) is 16.7. The number of hydrogen-bond donors (Lipinski definition) is 8. The Morgan fingerprint density at radius 1 is 1.00 bits per heavy atom. The summed E-state index contributed by atoms with van der Waals surface area (Å²) < 4.78 is 0. The van der Waals surface area contributed by atoms with Crippen LogP contribution in [0.5, 0.6) is 23.0 Å². The number of aliphatic hydroxyl groups is 1. The standard InChI is InChI=1S/C19H19BN4O7/c1-19(2,3)16-9(21-5-22-16)13(27)10-18(31)23-7(17(30)24-10)4-6-8(20)12(26)15(29)14(28)11(6)25/h4-5,25-29H,1-3H3,(H,21,22)(H,23,31)(H,24,30)/b7-4-,13-10+. The number of nitrogens with one attached hydrogen (secondary N) is 3. The normalized spacial score (nSPS) is 13.5. The number of nitrogens with zero attached hydrogens (tertiary/aromatic N) is 1. The molecule has 0 spiro atoms. The van der Waals surface area contributed by atoms with Crippen molar-refractivity contribution in [2.75, 3.05) is 0 Å². The van der Waals surface area contributed by atoms with E-state index >= 15 is 0 Å². The predicted molar refractivity (Wildman–Crippen MR) is 111 cm³/mol. The largest absolute Gasteiger partial charge is 0.505 e. The molecule has 2 radical (unpaired) electrons. The van der Waals surface area contributed by atoms with Crippen LogP contribution in [-0.4, -0.2) is 53.3 Å². The molecule has 0 atom stereocenters. The molecule has 0 aliphatic heterocycles. The molecule has 160 valence electrons. The van der Waals surface area contributed by atoms with Crippen molar-refractivity contribution in [3.05, 3.63) is 54.7 Å². The number of benzene rings is 1. The number of aromatic nitrogens is 4. The fraction of sp³-hybridized carbons (Fsp3) is 0.211. The lowest BCUT2D eigenvalue weighted by Crippen LogP contribution is -2.48. The van der Waals surface area contributed by atoms with Gasteiger partial charge in [0.25, 0.3) is 11.1 Å². The Morgan fingerprint density at radius 2 is 1.61 bits per heavy atom. The lowest BCUT2D eigenvalue weighted by molar-refractivity contribution is 0.347. The molecular formula is C19H19BN4O7. The molecule has 31 heavy (non-hydrogen) atoms. The minimum atomic E-state index is -1.06. The van der Waals surface area contributed by atoms with Crippen molar-refractivity contribution < 1.29 is 25.5 Å². The summed E-state index contributed by atoms with van der Waals surface area (Å²) in [7, 11) is 5.62. The van der Waals surface area contributed by atoms with Gasteiger partial charge in [-0.05, 0) is 11.5 Å². The third kappa shape index (κ3) is 3.63. The van der Waals surface area contributed by atoms with Crippen LogP contribution in [0.25, 0.3) is 11.8 Å². The van der Waals surface area contributed by atoms with Crippen LogP contribution in [0.4, 0.5) is 0 Å². The number of aromatic amines is 3. The molecule has 2 aromatic heterocycles. The van der Waals surface area contributed by atoms with E-state index in [0.29, 0.717) is 5.69 Å². The van der Waals surface area contributed by atoms with Crippen LogP contribution in [0.1, 0.15) is 37.7 Å². The summed E-state index contributed by atoms with van der Waals surface area (Å²) in [4.78, 5) is 36.4. The summed E-state index contributed by atoms with van der Waals surface area (Å²) in [5, 5.41) is 48.6. The topological polar surface area (TPSA) is 196 Å². The van der Waals surface area contributed by atoms with Crippen LogP contribution in [0.3, 0.4) is 0 Å². The van der Waals surface area contributed by atoms with Crippen LogP contribution in [0.15, 0.2) is 15.9 Å². The summed E-state index contributed by atoms with van der Waals surface area (Å²) in [6.07, 6.45) is 2.23. The van der Waals surface area contributed by atoms with Gasteiger partial charge >= 0.3 is 0 Å². The SMILES string of the molecule is [B]c1c(O)c(O)c(O)c(O)c1/C=c1\[nH]c(=O)/c(=C(\O)c2nc[nH]c2C(C)(C)C)[nH]c1=O. The Balaban J connectivity index is 2.30. The van der Waals surface area contributed by atoms with Gasteiger partial charge in [0.1, 0.15) is 18.9 Å². The maximum absolute atomic E-state index is 12.5. The van der Waals surface area contributed by atoms with E-state index in [1.165, 1.54) is 6.33 Å². The third-order valence-electron chi connectivity index (χ3n) is 4.57. The Morgan fingerprint density at radius 3 is 2.23 bits per heavy atom. The molecule has 8 N–H and O–H groups in total. The second kappa shape index (κ2) is 7.31. The molecule has 0 bridgehead atoms. The van der Waals surface area contributed by atoms with Crippen LogP contribution >= 0.6 is 0 Å². The van der Waals surface area contributed by atoms with Crippen molar-refractivity contribution in [3.63, 3.8) is 0 Å². The first-order chi connectivity index (χ1) is 14.3. The number of phenolic OH excluding ortho intramolecular Hbond substituents is 4. The smallest absolute Gasteiger partial charge is 0.276 e. The van der Waals surface area contributed by atoms with Crippen molar-refractivity contribution in [2.24, 2.45) is 0 Å². The zero-order valence-corrected chi connectivity index (χ0v) is 16.7. The Bertz CT molecular complexity index is 1400. The van der Waals surface area contributed by atoms with Gasteiger partial charge in [-0.15, -0.1) is 0 Å². The highest BCUT2D eigenvalue weighted by Crippen LogP contribution is 2.42. The summed E-state index contributed by atoms with van der Waals surface area (Å²) in [6, 6.07) is 0. The summed E-state index contributed by atoms with van der Waals surface area (Å²) >= 11 is 0. The quantitative estimate of drug-likeness (QED) is 0.134. The van der Waals surface area contributed by atoms with Crippen LogP contribution in [-0.2, 0) is 5.41 Å². The summed E-state index contributed by atoms with van der Waals surface area (Å²) in [5.41, 5.74) is -2.57. The minimum absolute atomic E-state index is 0.0839. The van der Waals surface area contributed by atoms with E-state index in [-0.39, 0.29) is 5.69 Å². The number of rotatable bonds is 2. The molecule has 3 rings (SSSR count). The highest BCUT2D eigenvalue weighted by molar-refractivity contribution is 6.37. The number of hydrogen-bond acceptors (Lipinski definition) is 8. The van der Waals surface area contributed by atoms with Gasteiger partial charge < -0.3 is 40.5 Å². The van der Waals surface area contributed by atoms with Gasteiger partial charge in [-0.3, -0.25) is 9.59 Å². The first kappa shape index (κ1) is 21.6. The van der Waals surface area contributed by atoms with E-state index in [0.717, 1.165) is 6.08 Å². The number of H-pyrrole nitrogens is 3. The minimum Gasteiger partial charge on any atom is -0.505 e. The van der Waals surface area contributed by atoms with Crippen molar-refractivity contribution in [1.29, 1.82) is 0 Å². The molecule has 0 amide bonds. The van der Waals surface area contributed by atoms with Crippen LogP contribution < -0.4 is 27.3 Å². The second-order valence-corrected chi connectivity index (χ2v) is 7.79. The Hall–Kier alpha value is -4.09. The van der Waals surface area contributed by atoms with E-state index in [9.17, 15) is 35.1 Å². The molecule has 12 heteroatoms. The average molecular weight is 426 g/mol. The lowest BCUT2D eigenvalue weighted by atomic mass is 9.87. The Labute approximate surface area is 175 Å². The molecule has 1 aromatic carbocycles. The van der Waals surface area contributed by atoms with Crippen molar-refractivity contribution in [2.45, 2.75) is 26.2 Å². The molecule has 3 aromatic rings. The van der Waals surface area contributed by atoms with E-state index in [2.05, 4.69) is 19.9 Å².